The van der Waals surface area contributed by atoms with Crippen LogP contribution in [0.1, 0.15) is 39.1 Å². The van der Waals surface area contributed by atoms with Gasteiger partial charge in [0, 0.05) is 19.0 Å². The van der Waals surface area contributed by atoms with Gasteiger partial charge in [-0.05, 0) is 37.1 Å². The molecule has 28 heavy (non-hydrogen) atoms. The Hall–Kier alpha value is -2.83. The van der Waals surface area contributed by atoms with Crippen LogP contribution in [0.15, 0.2) is 48.5 Å². The predicted molar refractivity (Wildman–Crippen MR) is 97.4 cm³/mol. The number of hydrogen-bond acceptors (Lipinski definition) is 3. The lowest BCUT2D eigenvalue weighted by molar-refractivity contribution is -0.138. The summed E-state index contributed by atoms with van der Waals surface area (Å²) in [6, 6.07) is 11.5. The van der Waals surface area contributed by atoms with Crippen LogP contribution < -0.4 is 4.74 Å². The Morgan fingerprint density at radius 1 is 1.04 bits per heavy atom. The fourth-order valence-electron chi connectivity index (χ4n) is 3.53. The number of piperidine rings is 1. The average Bonchev–Trinajstić information content (AvgIpc) is 2.72. The van der Waals surface area contributed by atoms with E-state index in [4.69, 9.17) is 4.74 Å². The van der Waals surface area contributed by atoms with Crippen molar-refractivity contribution in [2.75, 3.05) is 20.2 Å². The standard InChI is InChI=1S/C21H20F3NO3/c1-28-18-11-5-3-9-16(18)19(26)14-7-6-12-25(13-14)20(27)15-8-2-4-10-17(15)21(22,23)24/h2-5,8-11,14H,6-7,12-13H2,1H3/t14-/m0/s1. The largest absolute Gasteiger partial charge is 0.496 e. The highest BCUT2D eigenvalue weighted by Crippen LogP contribution is 2.33. The summed E-state index contributed by atoms with van der Waals surface area (Å²) in [6.45, 7) is 0.405. The predicted octanol–water partition coefficient (Wildman–Crippen LogP) is 4.45. The van der Waals surface area contributed by atoms with Crippen molar-refractivity contribution in [2.24, 2.45) is 5.92 Å². The number of rotatable bonds is 4. The summed E-state index contributed by atoms with van der Waals surface area (Å²) in [5, 5.41) is 0. The number of methoxy groups -OCH3 is 1. The minimum atomic E-state index is -4.62. The van der Waals surface area contributed by atoms with Gasteiger partial charge in [0.2, 0.25) is 0 Å². The van der Waals surface area contributed by atoms with Crippen molar-refractivity contribution in [1.29, 1.82) is 0 Å². The smallest absolute Gasteiger partial charge is 0.417 e. The number of nitrogens with zero attached hydrogens (tertiary/aromatic N) is 1. The number of likely N-dealkylation sites (tertiary alicyclic amines) is 1. The number of halogens is 3. The Kier molecular flexibility index (Phi) is 5.72. The number of alkyl halides is 3. The second-order valence-electron chi connectivity index (χ2n) is 6.70. The number of ether oxygens (including phenoxy) is 1. The highest BCUT2D eigenvalue weighted by atomic mass is 19.4. The molecule has 1 saturated heterocycles. The van der Waals surface area contributed by atoms with E-state index in [9.17, 15) is 22.8 Å². The monoisotopic (exact) mass is 391 g/mol. The van der Waals surface area contributed by atoms with E-state index in [0.717, 1.165) is 6.07 Å². The maximum Gasteiger partial charge on any atom is 0.417 e. The van der Waals surface area contributed by atoms with Gasteiger partial charge in [-0.1, -0.05) is 24.3 Å². The number of para-hydroxylation sites is 1. The van der Waals surface area contributed by atoms with Crippen LogP contribution in [0.5, 0.6) is 5.75 Å². The molecule has 148 valence electrons. The zero-order valence-corrected chi connectivity index (χ0v) is 15.3. The average molecular weight is 391 g/mol. The maximum absolute atomic E-state index is 13.2. The highest BCUT2D eigenvalue weighted by molar-refractivity contribution is 6.01. The summed E-state index contributed by atoms with van der Waals surface area (Å²) in [4.78, 5) is 27.0. The molecule has 0 aromatic heterocycles. The van der Waals surface area contributed by atoms with Crippen LogP contribution in [0, 0.1) is 5.92 Å². The third-order valence-electron chi connectivity index (χ3n) is 4.91. The molecule has 1 fully saturated rings. The summed E-state index contributed by atoms with van der Waals surface area (Å²) in [5.41, 5.74) is -0.932. The Morgan fingerprint density at radius 3 is 2.36 bits per heavy atom. The molecule has 0 spiro atoms. The molecule has 0 unspecified atom stereocenters. The van der Waals surface area contributed by atoms with Crippen LogP contribution in [0.25, 0.3) is 0 Å². The zero-order chi connectivity index (χ0) is 20.3. The molecule has 1 atom stereocenters. The molecule has 1 heterocycles. The van der Waals surface area contributed by atoms with E-state index in [2.05, 4.69) is 0 Å². The fraction of sp³-hybridized carbons (Fsp3) is 0.333. The number of hydrogen-bond donors (Lipinski definition) is 0. The van der Waals surface area contributed by atoms with Crippen molar-refractivity contribution >= 4 is 11.7 Å². The Labute approximate surface area is 160 Å². The zero-order valence-electron chi connectivity index (χ0n) is 15.3. The van der Waals surface area contributed by atoms with E-state index in [1.807, 2.05) is 0 Å². The number of amides is 1. The summed E-state index contributed by atoms with van der Waals surface area (Å²) >= 11 is 0. The van der Waals surface area contributed by atoms with Crippen molar-refractivity contribution in [3.63, 3.8) is 0 Å². The van der Waals surface area contributed by atoms with Crippen molar-refractivity contribution in [1.82, 2.24) is 4.90 Å². The first-order valence-electron chi connectivity index (χ1n) is 8.95. The first kappa shape index (κ1) is 19.9. The van der Waals surface area contributed by atoms with Crippen LogP contribution in [0.4, 0.5) is 13.2 Å². The van der Waals surface area contributed by atoms with Crippen molar-refractivity contribution in [3.05, 3.63) is 65.2 Å². The van der Waals surface area contributed by atoms with Crippen LogP contribution in [0.2, 0.25) is 0 Å². The minimum absolute atomic E-state index is 0.0852. The van der Waals surface area contributed by atoms with Crippen LogP contribution in [0.3, 0.4) is 0 Å². The second-order valence-corrected chi connectivity index (χ2v) is 6.70. The molecule has 1 amide bonds. The van der Waals surface area contributed by atoms with E-state index >= 15 is 0 Å². The second kappa shape index (κ2) is 8.04. The lowest BCUT2D eigenvalue weighted by atomic mass is 9.89. The topological polar surface area (TPSA) is 46.6 Å². The molecule has 0 saturated carbocycles. The van der Waals surface area contributed by atoms with Crippen LogP contribution >= 0.6 is 0 Å². The Bertz CT molecular complexity index is 879. The molecule has 0 radical (unpaired) electrons. The van der Waals surface area contributed by atoms with Gasteiger partial charge >= 0.3 is 6.18 Å². The Balaban J connectivity index is 1.82. The number of carbonyl (C=O) groups excluding carboxylic acids is 2. The molecule has 4 nitrogen and oxygen atoms in total. The number of benzene rings is 2. The van der Waals surface area contributed by atoms with E-state index in [1.165, 1.54) is 30.2 Å². The molecule has 0 aliphatic carbocycles. The maximum atomic E-state index is 13.2. The number of carbonyl (C=O) groups is 2. The van der Waals surface area contributed by atoms with Crippen molar-refractivity contribution < 1.29 is 27.5 Å². The van der Waals surface area contributed by atoms with Gasteiger partial charge in [-0.2, -0.15) is 13.2 Å². The molecular formula is C21H20F3NO3. The van der Waals surface area contributed by atoms with Gasteiger partial charge < -0.3 is 9.64 Å². The Morgan fingerprint density at radius 2 is 1.68 bits per heavy atom. The first-order valence-corrected chi connectivity index (χ1v) is 8.95. The molecule has 3 rings (SSSR count). The molecule has 0 bridgehead atoms. The molecule has 1 aliphatic rings. The van der Waals surface area contributed by atoms with Crippen molar-refractivity contribution in [3.8, 4) is 5.75 Å². The van der Waals surface area contributed by atoms with E-state index in [1.54, 1.807) is 24.3 Å². The van der Waals surface area contributed by atoms with E-state index < -0.39 is 23.6 Å². The van der Waals surface area contributed by atoms with Crippen LogP contribution in [-0.2, 0) is 6.18 Å². The van der Waals surface area contributed by atoms with Crippen LogP contribution in [-0.4, -0.2) is 36.8 Å². The van der Waals surface area contributed by atoms with E-state index in [0.29, 0.717) is 30.7 Å². The number of ketones is 1. The quantitative estimate of drug-likeness (QED) is 0.724. The van der Waals surface area contributed by atoms with Crippen molar-refractivity contribution in [2.45, 2.75) is 19.0 Å². The summed E-state index contributed by atoms with van der Waals surface area (Å²) in [5.74, 6) is -0.907. The molecule has 0 N–H and O–H groups in total. The summed E-state index contributed by atoms with van der Waals surface area (Å²) < 4.78 is 45.0. The molecule has 1 aliphatic heterocycles. The summed E-state index contributed by atoms with van der Waals surface area (Å²) in [6.07, 6.45) is -3.50. The third-order valence-corrected chi connectivity index (χ3v) is 4.91. The van der Waals surface area contributed by atoms with Gasteiger partial charge in [0.25, 0.3) is 5.91 Å². The van der Waals surface area contributed by atoms with E-state index in [-0.39, 0.29) is 17.9 Å². The number of Topliss-reactive ketones (excluding diaryl/α,β-unsaturated/α-hetero) is 1. The lowest BCUT2D eigenvalue weighted by Crippen LogP contribution is -2.43. The SMILES string of the molecule is COc1ccccc1C(=O)[C@H]1CCCN(C(=O)c2ccccc2C(F)(F)F)C1. The molecule has 2 aromatic rings. The fourth-order valence-corrected chi connectivity index (χ4v) is 3.53. The van der Waals surface area contributed by atoms with Gasteiger partial charge in [-0.3, -0.25) is 9.59 Å². The van der Waals surface area contributed by atoms with Gasteiger partial charge in [0.1, 0.15) is 5.75 Å². The van der Waals surface area contributed by atoms with Gasteiger partial charge in [0.05, 0.1) is 23.8 Å². The normalized spacial score (nSPS) is 17.3. The van der Waals surface area contributed by atoms with Gasteiger partial charge in [-0.25, -0.2) is 0 Å². The third kappa shape index (κ3) is 4.03. The lowest BCUT2D eigenvalue weighted by Gasteiger charge is -2.32. The minimum Gasteiger partial charge on any atom is -0.496 e. The summed E-state index contributed by atoms with van der Waals surface area (Å²) in [7, 11) is 1.47. The molecular weight excluding hydrogens is 371 g/mol. The molecule has 7 heteroatoms. The molecule has 2 aromatic carbocycles. The van der Waals surface area contributed by atoms with Gasteiger partial charge in [0.15, 0.2) is 5.78 Å². The van der Waals surface area contributed by atoms with Gasteiger partial charge in [-0.15, -0.1) is 0 Å². The first-order chi connectivity index (χ1) is 13.3. The highest BCUT2D eigenvalue weighted by Gasteiger charge is 2.37.